The van der Waals surface area contributed by atoms with E-state index >= 15 is 0 Å². The smallest absolute Gasteiger partial charge is 0.339 e. The van der Waals surface area contributed by atoms with Gasteiger partial charge in [-0.3, -0.25) is 14.9 Å². The first-order chi connectivity index (χ1) is 9.91. The van der Waals surface area contributed by atoms with E-state index in [0.29, 0.717) is 13.0 Å². The third-order valence-electron chi connectivity index (χ3n) is 3.40. The number of pyridine rings is 1. The number of primary amides is 1. The topological polar surface area (TPSA) is 140 Å². The van der Waals surface area contributed by atoms with E-state index in [4.69, 9.17) is 5.73 Å². The molecule has 9 nitrogen and oxygen atoms in total. The molecule has 2 rings (SSSR count). The number of hydrogen-bond acceptors (Lipinski definition) is 6. The number of aromatic nitrogens is 1. The lowest BCUT2D eigenvalue weighted by molar-refractivity contribution is -0.385. The van der Waals surface area contributed by atoms with E-state index < -0.39 is 28.5 Å². The van der Waals surface area contributed by atoms with Crippen LogP contribution in [-0.4, -0.2) is 39.5 Å². The van der Waals surface area contributed by atoms with Gasteiger partial charge in [-0.1, -0.05) is 0 Å². The first-order valence-electron chi connectivity index (χ1n) is 6.35. The molecule has 1 saturated heterocycles. The standard InChI is InChI=1S/C12H14N4O5/c13-10(17)9-3-1-2-4-15(9)11-8(12(18)19)5-7(6-14-11)16(20)21/h5-6,9H,1-4H2,(H2,13,17)(H,18,19). The minimum absolute atomic E-state index is 0.0385. The number of nitrogens with zero attached hydrogens (tertiary/aromatic N) is 3. The first kappa shape index (κ1) is 14.7. The second-order valence-electron chi connectivity index (χ2n) is 4.73. The molecular weight excluding hydrogens is 280 g/mol. The summed E-state index contributed by atoms with van der Waals surface area (Å²) in [5.41, 5.74) is 4.61. The molecule has 21 heavy (non-hydrogen) atoms. The predicted octanol–water partition coefficient (Wildman–Crippen LogP) is 0.532. The number of carbonyl (C=O) groups excluding carboxylic acids is 1. The number of anilines is 1. The molecule has 112 valence electrons. The molecule has 1 amide bonds. The summed E-state index contributed by atoms with van der Waals surface area (Å²) in [7, 11) is 0. The fourth-order valence-corrected chi connectivity index (χ4v) is 2.41. The van der Waals surface area contributed by atoms with E-state index in [1.807, 2.05) is 0 Å². The molecule has 1 aliphatic heterocycles. The van der Waals surface area contributed by atoms with Gasteiger partial charge in [0.1, 0.15) is 23.6 Å². The van der Waals surface area contributed by atoms with Gasteiger partial charge >= 0.3 is 5.97 Å². The summed E-state index contributed by atoms with van der Waals surface area (Å²) in [6, 6.07) is 0.294. The van der Waals surface area contributed by atoms with Gasteiger partial charge in [0.2, 0.25) is 5.91 Å². The summed E-state index contributed by atoms with van der Waals surface area (Å²) in [6.07, 6.45) is 3.06. The maximum Gasteiger partial charge on any atom is 0.339 e. The van der Waals surface area contributed by atoms with Crippen molar-refractivity contribution in [3.05, 3.63) is 27.9 Å². The first-order valence-corrected chi connectivity index (χ1v) is 6.35. The van der Waals surface area contributed by atoms with Gasteiger partial charge < -0.3 is 15.7 Å². The summed E-state index contributed by atoms with van der Waals surface area (Å²) in [5.74, 6) is -1.86. The average Bonchev–Trinajstić information content (AvgIpc) is 2.46. The van der Waals surface area contributed by atoms with Gasteiger partial charge in [0, 0.05) is 12.6 Å². The van der Waals surface area contributed by atoms with Gasteiger partial charge in [-0.2, -0.15) is 0 Å². The molecule has 0 radical (unpaired) electrons. The van der Waals surface area contributed by atoms with Gasteiger partial charge in [-0.25, -0.2) is 9.78 Å². The van der Waals surface area contributed by atoms with Gasteiger partial charge in [0.25, 0.3) is 5.69 Å². The van der Waals surface area contributed by atoms with Crippen molar-refractivity contribution in [3.63, 3.8) is 0 Å². The van der Waals surface area contributed by atoms with Crippen LogP contribution in [0.1, 0.15) is 29.6 Å². The molecule has 2 heterocycles. The number of nitrogens with two attached hydrogens (primary N) is 1. The molecule has 1 unspecified atom stereocenters. The minimum atomic E-state index is -1.34. The van der Waals surface area contributed by atoms with Gasteiger partial charge in [-0.05, 0) is 19.3 Å². The third kappa shape index (κ3) is 2.91. The Morgan fingerprint density at radius 2 is 2.19 bits per heavy atom. The molecule has 9 heteroatoms. The van der Waals surface area contributed by atoms with Crippen LogP contribution in [0.5, 0.6) is 0 Å². The van der Waals surface area contributed by atoms with Crippen LogP contribution in [-0.2, 0) is 4.79 Å². The van der Waals surface area contributed by atoms with Crippen molar-refractivity contribution in [2.75, 3.05) is 11.4 Å². The molecule has 0 spiro atoms. The van der Waals surface area contributed by atoms with E-state index in [9.17, 15) is 24.8 Å². The van der Waals surface area contributed by atoms with Crippen molar-refractivity contribution < 1.29 is 19.6 Å². The Kier molecular flexibility index (Phi) is 4.01. The van der Waals surface area contributed by atoms with Crippen molar-refractivity contribution in [2.24, 2.45) is 5.73 Å². The predicted molar refractivity (Wildman–Crippen MR) is 72.0 cm³/mol. The lowest BCUT2D eigenvalue weighted by Crippen LogP contribution is -2.48. The summed E-state index contributed by atoms with van der Waals surface area (Å²) in [5, 5.41) is 19.9. The molecule has 1 fully saturated rings. The Hall–Kier alpha value is -2.71. The number of aromatic carboxylic acids is 1. The number of nitro groups is 1. The monoisotopic (exact) mass is 294 g/mol. The van der Waals surface area contributed by atoms with Crippen LogP contribution in [0.3, 0.4) is 0 Å². The Morgan fingerprint density at radius 1 is 1.48 bits per heavy atom. The average molecular weight is 294 g/mol. The zero-order chi connectivity index (χ0) is 15.6. The molecule has 1 atom stereocenters. The third-order valence-corrected chi connectivity index (χ3v) is 3.40. The highest BCUT2D eigenvalue weighted by molar-refractivity contribution is 5.95. The maximum atomic E-state index is 11.5. The SMILES string of the molecule is NC(=O)C1CCCCN1c1ncc([N+](=O)[O-])cc1C(=O)O. The van der Waals surface area contributed by atoms with Crippen molar-refractivity contribution in [1.29, 1.82) is 0 Å². The van der Waals surface area contributed by atoms with Crippen LogP contribution >= 0.6 is 0 Å². The van der Waals surface area contributed by atoms with Crippen LogP contribution in [0.25, 0.3) is 0 Å². The summed E-state index contributed by atoms with van der Waals surface area (Å²) in [4.78, 5) is 38.2. The number of piperidine rings is 1. The quantitative estimate of drug-likeness (QED) is 0.609. The van der Waals surface area contributed by atoms with Gasteiger partial charge in [-0.15, -0.1) is 0 Å². The molecule has 0 saturated carbocycles. The Labute approximate surface area is 119 Å². The summed E-state index contributed by atoms with van der Waals surface area (Å²) >= 11 is 0. The Bertz CT molecular complexity index is 603. The number of rotatable bonds is 4. The van der Waals surface area contributed by atoms with Gasteiger partial charge in [0.15, 0.2) is 0 Å². The zero-order valence-corrected chi connectivity index (χ0v) is 11.1. The second-order valence-corrected chi connectivity index (χ2v) is 4.73. The number of carbonyl (C=O) groups is 2. The second kappa shape index (κ2) is 5.73. The Balaban J connectivity index is 2.48. The van der Waals surface area contributed by atoms with Crippen LogP contribution in [0.15, 0.2) is 12.3 Å². The van der Waals surface area contributed by atoms with Crippen molar-refractivity contribution in [2.45, 2.75) is 25.3 Å². The normalized spacial score (nSPS) is 18.3. The highest BCUT2D eigenvalue weighted by Crippen LogP contribution is 2.28. The molecule has 0 bridgehead atoms. The largest absolute Gasteiger partial charge is 0.478 e. The van der Waals surface area contributed by atoms with Crippen molar-refractivity contribution in [1.82, 2.24) is 4.98 Å². The molecule has 0 aromatic carbocycles. The number of carboxylic acid groups (broad SMARTS) is 1. The zero-order valence-electron chi connectivity index (χ0n) is 11.1. The highest BCUT2D eigenvalue weighted by atomic mass is 16.6. The van der Waals surface area contributed by atoms with E-state index in [1.54, 1.807) is 0 Å². The summed E-state index contributed by atoms with van der Waals surface area (Å²) < 4.78 is 0. The molecule has 0 aliphatic carbocycles. The Morgan fingerprint density at radius 3 is 2.76 bits per heavy atom. The van der Waals surface area contributed by atoms with Crippen molar-refractivity contribution in [3.8, 4) is 0 Å². The van der Waals surface area contributed by atoms with E-state index in [-0.39, 0.29) is 11.4 Å². The lowest BCUT2D eigenvalue weighted by Gasteiger charge is -2.35. The minimum Gasteiger partial charge on any atom is -0.478 e. The van der Waals surface area contributed by atoms with Crippen molar-refractivity contribution >= 4 is 23.4 Å². The van der Waals surface area contributed by atoms with E-state index in [0.717, 1.165) is 25.1 Å². The summed E-state index contributed by atoms with van der Waals surface area (Å²) in [6.45, 7) is 0.429. The van der Waals surface area contributed by atoms with E-state index in [1.165, 1.54) is 4.90 Å². The van der Waals surface area contributed by atoms with Crippen LogP contribution < -0.4 is 10.6 Å². The number of hydrogen-bond donors (Lipinski definition) is 2. The molecule has 1 aromatic rings. The maximum absolute atomic E-state index is 11.5. The number of carboxylic acids is 1. The van der Waals surface area contributed by atoms with Crippen LogP contribution in [0.2, 0.25) is 0 Å². The van der Waals surface area contributed by atoms with Crippen LogP contribution in [0.4, 0.5) is 11.5 Å². The molecule has 3 N–H and O–H groups in total. The molecular formula is C12H14N4O5. The van der Waals surface area contributed by atoms with Gasteiger partial charge in [0.05, 0.1) is 4.92 Å². The fraction of sp³-hybridized carbons (Fsp3) is 0.417. The molecule has 1 aliphatic rings. The highest BCUT2D eigenvalue weighted by Gasteiger charge is 2.31. The van der Waals surface area contributed by atoms with Crippen LogP contribution in [0, 0.1) is 10.1 Å². The molecule has 1 aromatic heterocycles. The fourth-order valence-electron chi connectivity index (χ4n) is 2.41. The lowest BCUT2D eigenvalue weighted by atomic mass is 10.0. The van der Waals surface area contributed by atoms with E-state index in [2.05, 4.69) is 4.98 Å². The number of amides is 1.